The molecule has 0 aliphatic rings. The second kappa shape index (κ2) is 7.02. The molecule has 1 rings (SSSR count). The van der Waals surface area contributed by atoms with Gasteiger partial charge in [-0.15, -0.1) is 0 Å². The first-order valence-electron chi connectivity index (χ1n) is 6.14. The maximum atomic E-state index is 11.6. The van der Waals surface area contributed by atoms with Crippen molar-refractivity contribution in [2.45, 2.75) is 26.1 Å². The van der Waals surface area contributed by atoms with Crippen molar-refractivity contribution >= 4 is 11.9 Å². The number of rotatable bonds is 5. The van der Waals surface area contributed by atoms with Crippen LogP contribution < -0.4 is 0 Å². The van der Waals surface area contributed by atoms with Crippen LogP contribution >= 0.6 is 0 Å². The molecule has 6 nitrogen and oxygen atoms in total. The van der Waals surface area contributed by atoms with E-state index < -0.39 is 24.1 Å². The molecule has 0 saturated heterocycles. The molecule has 0 spiro atoms. The third-order valence-electron chi connectivity index (χ3n) is 2.76. The molecular weight excluding hydrogens is 264 g/mol. The molecule has 1 aromatic rings. The van der Waals surface area contributed by atoms with E-state index in [1.54, 1.807) is 19.9 Å². The van der Waals surface area contributed by atoms with E-state index in [1.807, 2.05) is 0 Å². The van der Waals surface area contributed by atoms with Gasteiger partial charge in [-0.2, -0.15) is 0 Å². The molecule has 0 aliphatic heterocycles. The monoisotopic (exact) mass is 282 g/mol. The number of ether oxygens (including phenoxy) is 2. The number of hydrogen-bond donors (Lipinski definition) is 2. The molecule has 2 N–H and O–H groups in total. The van der Waals surface area contributed by atoms with Crippen molar-refractivity contribution in [2.75, 3.05) is 13.7 Å². The minimum atomic E-state index is -1.76. The van der Waals surface area contributed by atoms with Crippen LogP contribution in [0.5, 0.6) is 0 Å². The quantitative estimate of drug-likeness (QED) is 0.774. The standard InChI is InChI=1S/C14H18O6/c1-4-20-14(18)12(16)11(15)10-7-8(2)5-6-9(10)13(17)19-3/h5-7,11-12,15-16H,4H2,1-3H3. The Bertz CT molecular complexity index is 496. The summed E-state index contributed by atoms with van der Waals surface area (Å²) in [5, 5.41) is 19.8. The maximum absolute atomic E-state index is 11.6. The van der Waals surface area contributed by atoms with Gasteiger partial charge < -0.3 is 19.7 Å². The summed E-state index contributed by atoms with van der Waals surface area (Å²) in [4.78, 5) is 23.1. The molecule has 2 unspecified atom stereocenters. The lowest BCUT2D eigenvalue weighted by atomic mass is 9.96. The summed E-state index contributed by atoms with van der Waals surface area (Å²) in [6.07, 6.45) is -3.33. The van der Waals surface area contributed by atoms with Gasteiger partial charge >= 0.3 is 11.9 Å². The summed E-state index contributed by atoms with van der Waals surface area (Å²) in [6.45, 7) is 3.43. The van der Waals surface area contributed by atoms with E-state index >= 15 is 0 Å². The zero-order valence-corrected chi connectivity index (χ0v) is 11.6. The van der Waals surface area contributed by atoms with Gasteiger partial charge in [-0.1, -0.05) is 17.7 Å². The smallest absolute Gasteiger partial charge is 0.338 e. The summed E-state index contributed by atoms with van der Waals surface area (Å²) in [6, 6.07) is 4.65. The van der Waals surface area contributed by atoms with Gasteiger partial charge in [-0.3, -0.25) is 0 Å². The van der Waals surface area contributed by atoms with Crippen molar-refractivity contribution in [1.82, 2.24) is 0 Å². The van der Waals surface area contributed by atoms with Crippen LogP contribution in [-0.2, 0) is 14.3 Å². The molecular formula is C14H18O6. The normalized spacial score (nSPS) is 13.4. The van der Waals surface area contributed by atoms with E-state index in [9.17, 15) is 19.8 Å². The van der Waals surface area contributed by atoms with Gasteiger partial charge in [0, 0.05) is 0 Å². The van der Waals surface area contributed by atoms with E-state index in [0.29, 0.717) is 0 Å². The summed E-state index contributed by atoms with van der Waals surface area (Å²) in [5.41, 5.74) is 0.981. The predicted molar refractivity (Wildman–Crippen MR) is 70.1 cm³/mol. The summed E-state index contributed by atoms with van der Waals surface area (Å²) in [5.74, 6) is -1.60. The molecule has 20 heavy (non-hydrogen) atoms. The lowest BCUT2D eigenvalue weighted by Crippen LogP contribution is -2.31. The maximum Gasteiger partial charge on any atom is 0.338 e. The van der Waals surface area contributed by atoms with Crippen molar-refractivity contribution in [3.63, 3.8) is 0 Å². The highest BCUT2D eigenvalue weighted by Gasteiger charge is 2.30. The molecule has 0 radical (unpaired) electrons. The fourth-order valence-corrected chi connectivity index (χ4v) is 1.75. The van der Waals surface area contributed by atoms with E-state index in [2.05, 4.69) is 9.47 Å². The number of aryl methyl sites for hydroxylation is 1. The molecule has 0 bridgehead atoms. The number of aliphatic hydroxyl groups is 2. The van der Waals surface area contributed by atoms with Gasteiger partial charge in [0.05, 0.1) is 19.3 Å². The lowest BCUT2D eigenvalue weighted by molar-refractivity contribution is -0.159. The van der Waals surface area contributed by atoms with Crippen molar-refractivity contribution in [2.24, 2.45) is 0 Å². The fraction of sp³-hybridized carbons (Fsp3) is 0.429. The molecule has 0 amide bonds. The molecule has 6 heteroatoms. The average Bonchev–Trinajstić information content (AvgIpc) is 2.45. The molecule has 1 aromatic carbocycles. The molecule has 0 saturated carbocycles. The SMILES string of the molecule is CCOC(=O)C(O)C(O)c1cc(C)ccc1C(=O)OC. The van der Waals surface area contributed by atoms with Crippen LogP contribution in [0, 0.1) is 6.92 Å². The lowest BCUT2D eigenvalue weighted by Gasteiger charge is -2.19. The third-order valence-corrected chi connectivity index (χ3v) is 2.76. The number of carbonyl (C=O) groups is 2. The van der Waals surface area contributed by atoms with Crippen LogP contribution in [0.4, 0.5) is 0 Å². The number of benzene rings is 1. The number of carbonyl (C=O) groups excluding carboxylic acids is 2. The van der Waals surface area contributed by atoms with Gasteiger partial charge in [-0.05, 0) is 25.5 Å². The van der Waals surface area contributed by atoms with Crippen LogP contribution in [-0.4, -0.2) is 42.0 Å². The van der Waals surface area contributed by atoms with Crippen molar-refractivity contribution in [3.8, 4) is 0 Å². The minimum absolute atomic E-state index is 0.0836. The molecule has 0 heterocycles. The Kier molecular flexibility index (Phi) is 5.66. The number of aliphatic hydroxyl groups excluding tert-OH is 2. The Balaban J connectivity index is 3.13. The van der Waals surface area contributed by atoms with Crippen LogP contribution in [0.25, 0.3) is 0 Å². The Labute approximate surface area is 116 Å². The Morgan fingerprint density at radius 2 is 1.95 bits per heavy atom. The van der Waals surface area contributed by atoms with Gasteiger partial charge in [0.15, 0.2) is 6.10 Å². The zero-order chi connectivity index (χ0) is 15.3. The van der Waals surface area contributed by atoms with Gasteiger partial charge in [-0.25, -0.2) is 9.59 Å². The summed E-state index contributed by atoms with van der Waals surface area (Å²) < 4.78 is 9.24. The highest BCUT2D eigenvalue weighted by molar-refractivity contribution is 5.91. The van der Waals surface area contributed by atoms with Crippen molar-refractivity contribution in [1.29, 1.82) is 0 Å². The van der Waals surface area contributed by atoms with E-state index in [1.165, 1.54) is 19.2 Å². The van der Waals surface area contributed by atoms with Crippen molar-refractivity contribution < 1.29 is 29.3 Å². The molecule has 0 aliphatic carbocycles. The topological polar surface area (TPSA) is 93.1 Å². The van der Waals surface area contributed by atoms with E-state index in [4.69, 9.17) is 0 Å². The van der Waals surface area contributed by atoms with Crippen molar-refractivity contribution in [3.05, 3.63) is 34.9 Å². The van der Waals surface area contributed by atoms with Gasteiger partial charge in [0.2, 0.25) is 0 Å². The third kappa shape index (κ3) is 3.55. The van der Waals surface area contributed by atoms with E-state index in [0.717, 1.165) is 5.56 Å². The van der Waals surface area contributed by atoms with Gasteiger partial charge in [0.25, 0.3) is 0 Å². The molecule has 2 atom stereocenters. The van der Waals surface area contributed by atoms with Gasteiger partial charge in [0.1, 0.15) is 6.10 Å². The highest BCUT2D eigenvalue weighted by Crippen LogP contribution is 2.24. The largest absolute Gasteiger partial charge is 0.465 e. The minimum Gasteiger partial charge on any atom is -0.465 e. The molecule has 110 valence electrons. The first-order chi connectivity index (χ1) is 9.42. The molecule has 0 aromatic heterocycles. The van der Waals surface area contributed by atoms with Crippen LogP contribution in [0.2, 0.25) is 0 Å². The fourth-order valence-electron chi connectivity index (χ4n) is 1.75. The zero-order valence-electron chi connectivity index (χ0n) is 11.6. The second-order valence-electron chi connectivity index (χ2n) is 4.22. The first kappa shape index (κ1) is 16.1. The average molecular weight is 282 g/mol. The Morgan fingerprint density at radius 3 is 2.50 bits per heavy atom. The number of methoxy groups -OCH3 is 1. The summed E-state index contributed by atoms with van der Waals surface area (Å²) in [7, 11) is 1.21. The second-order valence-corrected chi connectivity index (χ2v) is 4.22. The van der Waals surface area contributed by atoms with Crippen LogP contribution in [0.15, 0.2) is 18.2 Å². The number of esters is 2. The van der Waals surface area contributed by atoms with Crippen LogP contribution in [0.3, 0.4) is 0 Å². The summed E-state index contributed by atoms with van der Waals surface area (Å²) >= 11 is 0. The first-order valence-corrected chi connectivity index (χ1v) is 6.14. The number of hydrogen-bond acceptors (Lipinski definition) is 6. The Morgan fingerprint density at radius 1 is 1.30 bits per heavy atom. The molecule has 0 fully saturated rings. The highest BCUT2D eigenvalue weighted by atomic mass is 16.5. The van der Waals surface area contributed by atoms with E-state index in [-0.39, 0.29) is 17.7 Å². The Hall–Kier alpha value is -1.92. The van der Waals surface area contributed by atoms with Crippen LogP contribution in [0.1, 0.15) is 34.5 Å². The predicted octanol–water partition coefficient (Wildman–Crippen LogP) is 0.739.